The molecule has 0 atom stereocenters. The van der Waals surface area contributed by atoms with Crippen LogP contribution in [0.5, 0.6) is 0 Å². The topological polar surface area (TPSA) is 72.8 Å². The van der Waals surface area contributed by atoms with Crippen molar-refractivity contribution in [1.29, 1.82) is 0 Å². The zero-order valence-corrected chi connectivity index (χ0v) is 9.53. The van der Waals surface area contributed by atoms with Gasteiger partial charge in [-0.05, 0) is 6.42 Å². The molecule has 0 spiro atoms. The molecule has 0 heterocycles. The molecule has 0 radical (unpaired) electrons. The second-order valence-corrected chi connectivity index (χ2v) is 2.95. The Balaban J connectivity index is 0. The molecule has 0 bridgehead atoms. The summed E-state index contributed by atoms with van der Waals surface area (Å²) in [5.74, 6) is 0. The van der Waals surface area contributed by atoms with Gasteiger partial charge in [-0.15, -0.1) is 13.2 Å². The second-order valence-electron chi connectivity index (χ2n) is 2.25. The maximum Gasteiger partial charge on any atom is 0.257 e. The predicted octanol–water partition coefficient (Wildman–Crippen LogP) is 0.287. The summed E-state index contributed by atoms with van der Waals surface area (Å²) >= 11 is 0. The molecule has 0 saturated carbocycles. The minimum Gasteiger partial charge on any atom is -0.396 e. The normalized spacial score (nSPS) is 9.20. The van der Waals surface area contributed by atoms with E-state index in [1.54, 1.807) is 12.2 Å². The molecule has 0 aliphatic rings. The molecule has 0 fully saturated rings. The quantitative estimate of drug-likeness (QED) is 0.361. The lowest BCUT2D eigenvalue weighted by atomic mass is 10.5. The second kappa shape index (κ2) is 15.8. The summed E-state index contributed by atoms with van der Waals surface area (Å²) in [5.41, 5.74) is 0. The Bertz CT molecular complexity index is 197. The lowest BCUT2D eigenvalue weighted by molar-refractivity contribution is 0.194. The third kappa shape index (κ3) is 24.7. The summed E-state index contributed by atoms with van der Waals surface area (Å²) in [6.07, 6.45) is 3.79. The van der Waals surface area contributed by atoms with Crippen molar-refractivity contribution in [3.63, 3.8) is 0 Å². The van der Waals surface area contributed by atoms with Crippen LogP contribution in [0.2, 0.25) is 0 Å². The highest BCUT2D eigenvalue weighted by Gasteiger charge is 1.84. The lowest BCUT2D eigenvalue weighted by Gasteiger charge is -1.89. The maximum atomic E-state index is 9.61. The van der Waals surface area contributed by atoms with Crippen LogP contribution >= 0.6 is 0 Å². The Hall–Kier alpha value is -0.690. The summed E-state index contributed by atoms with van der Waals surface area (Å²) in [7, 11) is -2.72. The van der Waals surface area contributed by atoms with Gasteiger partial charge in [-0.3, -0.25) is 4.18 Å². The van der Waals surface area contributed by atoms with Crippen molar-refractivity contribution in [2.45, 2.75) is 6.42 Å². The molecule has 5 nitrogen and oxygen atoms in total. The first kappa shape index (κ1) is 16.7. The first-order chi connectivity index (χ1) is 7.18. The first-order valence-electron chi connectivity index (χ1n) is 4.36. The van der Waals surface area contributed by atoms with E-state index in [4.69, 9.17) is 9.84 Å². The van der Waals surface area contributed by atoms with E-state index >= 15 is 0 Å². The van der Waals surface area contributed by atoms with Gasteiger partial charge in [0.05, 0.1) is 19.8 Å². The third-order valence-electron chi connectivity index (χ3n) is 0.971. The van der Waals surface area contributed by atoms with Crippen molar-refractivity contribution in [1.82, 2.24) is 0 Å². The maximum absolute atomic E-state index is 9.61. The van der Waals surface area contributed by atoms with E-state index < -0.39 is 11.0 Å². The van der Waals surface area contributed by atoms with E-state index in [0.29, 0.717) is 19.6 Å². The molecule has 90 valence electrons. The molecule has 0 aromatic carbocycles. The largest absolute Gasteiger partial charge is 0.396 e. The standard InChI is InChI=1S/C6H10O.C3H8O4S/c1-3-5-7-6-4-2;4-2-1-3-7-8(5)6/h3-4H,1-2,5-6H2;4,8H,1-3H2. The van der Waals surface area contributed by atoms with Gasteiger partial charge in [-0.2, -0.15) is 0 Å². The molecule has 0 amide bonds. The fourth-order valence-electron chi connectivity index (χ4n) is 0.438. The van der Waals surface area contributed by atoms with Crippen LogP contribution in [0.1, 0.15) is 6.42 Å². The van der Waals surface area contributed by atoms with Gasteiger partial charge in [0, 0.05) is 6.61 Å². The molecule has 0 aromatic rings. The minimum absolute atomic E-state index is 0.0385. The van der Waals surface area contributed by atoms with E-state index in [9.17, 15) is 8.42 Å². The summed E-state index contributed by atoms with van der Waals surface area (Å²) in [4.78, 5) is 0. The van der Waals surface area contributed by atoms with Crippen LogP contribution in [-0.4, -0.2) is 40.0 Å². The van der Waals surface area contributed by atoms with Gasteiger partial charge in [0.2, 0.25) is 0 Å². The summed E-state index contributed by atoms with van der Waals surface area (Å²) in [6, 6.07) is 0. The van der Waals surface area contributed by atoms with Gasteiger partial charge >= 0.3 is 0 Å². The SMILES string of the molecule is C=CCOCC=C.O=[SH](=O)OCCCO. The van der Waals surface area contributed by atoms with Crippen LogP contribution in [-0.2, 0) is 19.9 Å². The van der Waals surface area contributed by atoms with Gasteiger partial charge in [-0.25, -0.2) is 8.42 Å². The predicted molar refractivity (Wildman–Crippen MR) is 59.2 cm³/mol. The average Bonchev–Trinajstić information content (AvgIpc) is 2.20. The molecule has 0 saturated heterocycles. The number of ether oxygens (including phenoxy) is 1. The van der Waals surface area contributed by atoms with Crippen LogP contribution in [0.4, 0.5) is 0 Å². The van der Waals surface area contributed by atoms with Crippen molar-refractivity contribution in [3.05, 3.63) is 25.3 Å². The highest BCUT2D eigenvalue weighted by molar-refractivity contribution is 7.67. The van der Waals surface area contributed by atoms with Crippen LogP contribution in [0.3, 0.4) is 0 Å². The highest BCUT2D eigenvalue weighted by atomic mass is 32.2. The zero-order chi connectivity index (χ0) is 11.9. The van der Waals surface area contributed by atoms with E-state index in [0.717, 1.165) is 0 Å². The van der Waals surface area contributed by atoms with Gasteiger partial charge < -0.3 is 9.84 Å². The van der Waals surface area contributed by atoms with Crippen molar-refractivity contribution in [2.24, 2.45) is 0 Å². The lowest BCUT2D eigenvalue weighted by Crippen LogP contribution is -1.94. The van der Waals surface area contributed by atoms with Crippen molar-refractivity contribution < 1.29 is 22.4 Å². The molecule has 6 heteroatoms. The third-order valence-corrected chi connectivity index (χ3v) is 1.36. The Morgan fingerprint density at radius 2 is 1.73 bits per heavy atom. The summed E-state index contributed by atoms with van der Waals surface area (Å²) in [5, 5.41) is 8.10. The van der Waals surface area contributed by atoms with E-state index in [-0.39, 0.29) is 13.2 Å². The number of aliphatic hydroxyl groups excluding tert-OH is 1. The van der Waals surface area contributed by atoms with Gasteiger partial charge in [0.1, 0.15) is 0 Å². The minimum atomic E-state index is -2.72. The molecule has 0 aromatic heterocycles. The van der Waals surface area contributed by atoms with Crippen molar-refractivity contribution in [2.75, 3.05) is 26.4 Å². The fourth-order valence-corrected chi connectivity index (χ4v) is 0.717. The Morgan fingerprint density at radius 3 is 2.07 bits per heavy atom. The summed E-state index contributed by atoms with van der Waals surface area (Å²) < 4.78 is 28.2. The molecular formula is C9H18O5S. The molecule has 0 aliphatic carbocycles. The number of thiol groups is 1. The first-order valence-corrected chi connectivity index (χ1v) is 5.46. The van der Waals surface area contributed by atoms with Gasteiger partial charge in [0.25, 0.3) is 11.0 Å². The molecule has 0 aliphatic heterocycles. The van der Waals surface area contributed by atoms with Gasteiger partial charge in [-0.1, -0.05) is 12.2 Å². The van der Waals surface area contributed by atoms with Crippen LogP contribution in [0.15, 0.2) is 25.3 Å². The number of hydrogen-bond donors (Lipinski definition) is 2. The van der Waals surface area contributed by atoms with Crippen LogP contribution in [0.25, 0.3) is 0 Å². The molecular weight excluding hydrogens is 220 g/mol. The highest BCUT2D eigenvalue weighted by Crippen LogP contribution is 1.78. The Kier molecular flexibility index (Phi) is 17.6. The zero-order valence-electron chi connectivity index (χ0n) is 8.63. The fraction of sp³-hybridized carbons (Fsp3) is 0.556. The Labute approximate surface area is 92.2 Å². The smallest absolute Gasteiger partial charge is 0.257 e. The van der Waals surface area contributed by atoms with E-state index in [1.807, 2.05) is 0 Å². The van der Waals surface area contributed by atoms with Gasteiger partial charge in [0.15, 0.2) is 0 Å². The van der Waals surface area contributed by atoms with E-state index in [2.05, 4.69) is 17.3 Å². The van der Waals surface area contributed by atoms with Crippen LogP contribution < -0.4 is 0 Å². The molecule has 0 rings (SSSR count). The number of aliphatic hydroxyl groups is 1. The van der Waals surface area contributed by atoms with Crippen molar-refractivity contribution >= 4 is 11.0 Å². The molecule has 15 heavy (non-hydrogen) atoms. The number of rotatable bonds is 8. The van der Waals surface area contributed by atoms with Crippen molar-refractivity contribution in [3.8, 4) is 0 Å². The van der Waals surface area contributed by atoms with E-state index in [1.165, 1.54) is 0 Å². The molecule has 1 N–H and O–H groups in total. The van der Waals surface area contributed by atoms with Crippen LogP contribution in [0, 0.1) is 0 Å². The summed E-state index contributed by atoms with van der Waals surface area (Å²) in [6.45, 7) is 8.22. The monoisotopic (exact) mass is 238 g/mol. The number of hydrogen-bond acceptors (Lipinski definition) is 5. The molecule has 0 unspecified atom stereocenters. The Morgan fingerprint density at radius 1 is 1.20 bits per heavy atom. The average molecular weight is 238 g/mol.